The molecule has 2 aromatic carbocycles. The largest absolute Gasteiger partial charge is 0.329 e. The highest BCUT2D eigenvalue weighted by Crippen LogP contribution is 2.36. The van der Waals surface area contributed by atoms with E-state index in [4.69, 9.17) is 5.73 Å². The molecule has 0 saturated carbocycles. The first kappa shape index (κ1) is 14.0. The number of benzene rings is 2. The lowest BCUT2D eigenvalue weighted by molar-refractivity contribution is 0.565. The van der Waals surface area contributed by atoms with Crippen LogP contribution in [-0.2, 0) is 0 Å². The second kappa shape index (κ2) is 6.17. The van der Waals surface area contributed by atoms with Crippen molar-refractivity contribution in [2.45, 2.75) is 17.1 Å². The van der Waals surface area contributed by atoms with Crippen LogP contribution in [0.25, 0.3) is 0 Å². The highest BCUT2D eigenvalue weighted by atomic mass is 32.2. The van der Waals surface area contributed by atoms with E-state index in [-0.39, 0.29) is 5.25 Å². The summed E-state index contributed by atoms with van der Waals surface area (Å²) in [6.45, 7) is 2.40. The molecule has 1 nitrogen and oxygen atoms in total. The lowest BCUT2D eigenvalue weighted by Crippen LogP contribution is -2.09. The third-order valence-electron chi connectivity index (χ3n) is 2.83. The summed E-state index contributed by atoms with van der Waals surface area (Å²) in [5, 5.41) is -0.0411. The second-order valence-corrected chi connectivity index (χ2v) is 5.57. The lowest BCUT2D eigenvalue weighted by Gasteiger charge is -2.15. The molecule has 0 aliphatic rings. The van der Waals surface area contributed by atoms with Crippen LogP contribution in [0.15, 0.2) is 47.4 Å². The number of hydrogen-bond acceptors (Lipinski definition) is 2. The summed E-state index contributed by atoms with van der Waals surface area (Å²) in [7, 11) is 0. The van der Waals surface area contributed by atoms with Crippen LogP contribution in [0.4, 0.5) is 8.78 Å². The minimum Gasteiger partial charge on any atom is -0.329 e. The normalized spacial score (nSPS) is 12.4. The Morgan fingerprint density at radius 2 is 1.79 bits per heavy atom. The molecule has 0 fully saturated rings. The fraction of sp³-hybridized carbons (Fsp3) is 0.200. The van der Waals surface area contributed by atoms with Gasteiger partial charge in [-0.3, -0.25) is 0 Å². The van der Waals surface area contributed by atoms with Crippen molar-refractivity contribution in [3.05, 3.63) is 65.2 Å². The van der Waals surface area contributed by atoms with Crippen LogP contribution in [0.5, 0.6) is 0 Å². The number of aryl methyl sites for hydroxylation is 1. The van der Waals surface area contributed by atoms with Gasteiger partial charge in [-0.15, -0.1) is 11.8 Å². The lowest BCUT2D eigenvalue weighted by atomic mass is 10.1. The maximum atomic E-state index is 13.6. The quantitative estimate of drug-likeness (QED) is 0.854. The summed E-state index contributed by atoms with van der Waals surface area (Å²) >= 11 is 1.32. The average Bonchev–Trinajstić information content (AvgIpc) is 2.39. The highest BCUT2D eigenvalue weighted by molar-refractivity contribution is 7.99. The van der Waals surface area contributed by atoms with Crippen molar-refractivity contribution < 1.29 is 8.78 Å². The Hall–Kier alpha value is -1.39. The van der Waals surface area contributed by atoms with Gasteiger partial charge in [0, 0.05) is 22.8 Å². The van der Waals surface area contributed by atoms with E-state index in [0.29, 0.717) is 11.4 Å². The Labute approximate surface area is 115 Å². The first-order valence-electron chi connectivity index (χ1n) is 5.98. The van der Waals surface area contributed by atoms with Gasteiger partial charge in [0.15, 0.2) is 0 Å². The third-order valence-corrected chi connectivity index (χ3v) is 4.16. The van der Waals surface area contributed by atoms with E-state index in [1.54, 1.807) is 0 Å². The van der Waals surface area contributed by atoms with Crippen molar-refractivity contribution in [2.24, 2.45) is 5.73 Å². The number of hydrogen-bond donors (Lipinski definition) is 1. The molecular formula is C15H15F2NS. The van der Waals surface area contributed by atoms with E-state index in [1.165, 1.54) is 23.9 Å². The molecule has 0 bridgehead atoms. The zero-order chi connectivity index (χ0) is 13.8. The second-order valence-electron chi connectivity index (χ2n) is 4.33. The number of nitrogens with two attached hydrogens (primary N) is 1. The van der Waals surface area contributed by atoms with E-state index in [2.05, 4.69) is 0 Å². The van der Waals surface area contributed by atoms with Crippen LogP contribution in [0.2, 0.25) is 0 Å². The number of rotatable bonds is 4. The summed E-state index contributed by atoms with van der Waals surface area (Å²) in [6.07, 6.45) is 0. The molecule has 19 heavy (non-hydrogen) atoms. The van der Waals surface area contributed by atoms with Crippen LogP contribution in [-0.4, -0.2) is 6.54 Å². The zero-order valence-corrected chi connectivity index (χ0v) is 11.4. The molecule has 4 heteroatoms. The van der Waals surface area contributed by atoms with E-state index >= 15 is 0 Å². The molecule has 0 radical (unpaired) electrons. The maximum Gasteiger partial charge on any atom is 0.139 e. The fourth-order valence-corrected chi connectivity index (χ4v) is 2.77. The van der Waals surface area contributed by atoms with E-state index in [0.717, 1.165) is 17.2 Å². The fourth-order valence-electron chi connectivity index (χ4n) is 1.76. The van der Waals surface area contributed by atoms with Gasteiger partial charge in [-0.05, 0) is 24.6 Å². The molecule has 2 N–H and O–H groups in total. The highest BCUT2D eigenvalue weighted by Gasteiger charge is 2.14. The minimum absolute atomic E-state index is 0.0411. The van der Waals surface area contributed by atoms with E-state index in [1.807, 2.05) is 31.2 Å². The third kappa shape index (κ3) is 3.55. The van der Waals surface area contributed by atoms with Crippen LogP contribution < -0.4 is 5.73 Å². The molecule has 0 saturated heterocycles. The van der Waals surface area contributed by atoms with Crippen LogP contribution in [0.1, 0.15) is 16.4 Å². The monoisotopic (exact) mass is 279 g/mol. The topological polar surface area (TPSA) is 26.0 Å². The molecular weight excluding hydrogens is 264 g/mol. The molecule has 0 spiro atoms. The molecule has 0 aliphatic carbocycles. The summed E-state index contributed by atoms with van der Waals surface area (Å²) in [5.41, 5.74) is 7.96. The smallest absolute Gasteiger partial charge is 0.139 e. The molecule has 0 amide bonds. The van der Waals surface area contributed by atoms with Gasteiger partial charge < -0.3 is 5.73 Å². The molecule has 100 valence electrons. The van der Waals surface area contributed by atoms with Gasteiger partial charge >= 0.3 is 0 Å². The molecule has 0 aromatic heterocycles. The summed E-state index contributed by atoms with van der Waals surface area (Å²) in [6, 6.07) is 11.6. The van der Waals surface area contributed by atoms with Gasteiger partial charge in [-0.2, -0.15) is 0 Å². The summed E-state index contributed by atoms with van der Waals surface area (Å²) < 4.78 is 26.5. The van der Waals surface area contributed by atoms with E-state index in [9.17, 15) is 8.78 Å². The van der Waals surface area contributed by atoms with E-state index < -0.39 is 11.6 Å². The van der Waals surface area contributed by atoms with Crippen molar-refractivity contribution in [1.82, 2.24) is 0 Å². The number of thioether (sulfide) groups is 1. The first-order valence-corrected chi connectivity index (χ1v) is 6.86. The molecule has 0 aliphatic heterocycles. The summed E-state index contributed by atoms with van der Waals surface area (Å²) in [5.74, 6) is -1.11. The Morgan fingerprint density at radius 1 is 1.11 bits per heavy atom. The van der Waals surface area contributed by atoms with Crippen molar-refractivity contribution in [2.75, 3.05) is 6.54 Å². The van der Waals surface area contributed by atoms with Gasteiger partial charge in [-0.25, -0.2) is 8.78 Å². The Morgan fingerprint density at radius 3 is 2.37 bits per heavy atom. The molecule has 1 unspecified atom stereocenters. The maximum absolute atomic E-state index is 13.6. The van der Waals surface area contributed by atoms with Gasteiger partial charge in [-0.1, -0.05) is 29.8 Å². The first-order chi connectivity index (χ1) is 9.10. The average molecular weight is 279 g/mol. The van der Waals surface area contributed by atoms with Crippen molar-refractivity contribution in [3.8, 4) is 0 Å². The number of halogens is 2. The Bertz CT molecular complexity index is 555. The van der Waals surface area contributed by atoms with Crippen LogP contribution in [0.3, 0.4) is 0 Å². The van der Waals surface area contributed by atoms with Gasteiger partial charge in [0.1, 0.15) is 11.6 Å². The zero-order valence-electron chi connectivity index (χ0n) is 10.6. The van der Waals surface area contributed by atoms with Crippen molar-refractivity contribution in [1.29, 1.82) is 0 Å². The van der Waals surface area contributed by atoms with Crippen LogP contribution in [0, 0.1) is 18.6 Å². The molecule has 0 heterocycles. The molecule has 1 atom stereocenters. The SMILES string of the molecule is Cc1ccc(C(CN)Sc2ccc(F)cc2F)cc1. The molecule has 2 aromatic rings. The standard InChI is InChI=1S/C15H15F2NS/c1-10-2-4-11(5-3-10)15(9-18)19-14-7-6-12(16)8-13(14)17/h2-8,15H,9,18H2,1H3. The van der Waals surface area contributed by atoms with Crippen LogP contribution >= 0.6 is 11.8 Å². The van der Waals surface area contributed by atoms with Gasteiger partial charge in [0.2, 0.25) is 0 Å². The van der Waals surface area contributed by atoms with Gasteiger partial charge in [0.25, 0.3) is 0 Å². The summed E-state index contributed by atoms with van der Waals surface area (Å²) in [4.78, 5) is 0.414. The minimum atomic E-state index is -0.568. The van der Waals surface area contributed by atoms with Gasteiger partial charge in [0.05, 0.1) is 0 Å². The van der Waals surface area contributed by atoms with Crippen molar-refractivity contribution in [3.63, 3.8) is 0 Å². The Balaban J connectivity index is 2.21. The molecule has 2 rings (SSSR count). The van der Waals surface area contributed by atoms with Crippen molar-refractivity contribution >= 4 is 11.8 Å². The Kier molecular flexibility index (Phi) is 4.56. The predicted molar refractivity (Wildman–Crippen MR) is 75.2 cm³/mol. The predicted octanol–water partition coefficient (Wildman–Crippen LogP) is 4.07.